The van der Waals surface area contributed by atoms with Crippen LogP contribution in [-0.4, -0.2) is 40.4 Å². The summed E-state index contributed by atoms with van der Waals surface area (Å²) in [6, 6.07) is 14.0. The number of fused-ring (bicyclic) bond motifs is 1. The molecule has 0 aliphatic carbocycles. The fourth-order valence-corrected chi connectivity index (χ4v) is 4.30. The second-order valence-electron chi connectivity index (χ2n) is 8.77. The molecule has 1 unspecified atom stereocenters. The molecule has 0 fully saturated rings. The smallest absolute Gasteiger partial charge is 0.228 e. The van der Waals surface area contributed by atoms with Crippen LogP contribution in [0.5, 0.6) is 0 Å². The number of nitrogens with zero attached hydrogens (tertiary/aromatic N) is 6. The molecular formula is C26H31N9O. The molecule has 0 saturated carbocycles. The van der Waals surface area contributed by atoms with Gasteiger partial charge in [-0.15, -0.1) is 0 Å². The van der Waals surface area contributed by atoms with Gasteiger partial charge in [-0.3, -0.25) is 9.79 Å². The number of amidine groups is 1. The van der Waals surface area contributed by atoms with E-state index < -0.39 is 0 Å². The normalized spacial score (nSPS) is 16.8. The first kappa shape index (κ1) is 24.6. The molecule has 5 N–H and O–H groups in total. The molecule has 1 aliphatic rings. The highest BCUT2D eigenvalue weighted by Gasteiger charge is 2.26. The van der Waals surface area contributed by atoms with Crippen molar-refractivity contribution >= 4 is 23.5 Å². The van der Waals surface area contributed by atoms with Crippen molar-refractivity contribution in [3.8, 4) is 11.3 Å². The fourth-order valence-electron chi connectivity index (χ4n) is 4.30. The Bertz CT molecular complexity index is 1370. The molecule has 1 amide bonds. The summed E-state index contributed by atoms with van der Waals surface area (Å²) < 4.78 is 2.00. The number of amides is 1. The van der Waals surface area contributed by atoms with Gasteiger partial charge in [0.15, 0.2) is 5.49 Å². The van der Waals surface area contributed by atoms with Gasteiger partial charge in [0.25, 0.3) is 0 Å². The van der Waals surface area contributed by atoms with Crippen LogP contribution in [0.25, 0.3) is 11.3 Å². The van der Waals surface area contributed by atoms with E-state index in [4.69, 9.17) is 11.6 Å². The van der Waals surface area contributed by atoms with Gasteiger partial charge < -0.3 is 26.4 Å². The van der Waals surface area contributed by atoms with E-state index in [-0.39, 0.29) is 11.8 Å². The largest absolute Gasteiger partial charge is 0.404 e. The van der Waals surface area contributed by atoms with Crippen LogP contribution in [0, 0.1) is 12.8 Å². The minimum Gasteiger partial charge on any atom is -0.404 e. The first-order chi connectivity index (χ1) is 17.4. The standard InChI is InChI=1S/C26H31N9O/c1-17-4-6-18(7-5-17)12-19-13-25(36)34(3)24-15-20(14-23(33-28)35(24)16-19)21-9-11-30-26(31-21)32-22(29-2)8-10-27/h4-11,14-15,19H,12-13,16,27-28H2,1-3H3,(H,29,30,31,32)/b10-8?,33-23-. The third-order valence-electron chi connectivity index (χ3n) is 6.21. The number of aromatic nitrogens is 3. The van der Waals surface area contributed by atoms with E-state index in [0.717, 1.165) is 12.0 Å². The minimum absolute atomic E-state index is 0.0425. The van der Waals surface area contributed by atoms with Crippen molar-refractivity contribution in [1.29, 1.82) is 0 Å². The summed E-state index contributed by atoms with van der Waals surface area (Å²) in [5.74, 6) is 7.58. The second kappa shape index (κ2) is 10.9. The Kier molecular flexibility index (Phi) is 7.43. The summed E-state index contributed by atoms with van der Waals surface area (Å²) in [5, 5.41) is 7.09. The summed E-state index contributed by atoms with van der Waals surface area (Å²) in [7, 11) is 3.42. The van der Waals surface area contributed by atoms with E-state index in [9.17, 15) is 4.79 Å². The van der Waals surface area contributed by atoms with E-state index in [1.165, 1.54) is 17.3 Å². The van der Waals surface area contributed by atoms with E-state index >= 15 is 0 Å². The van der Waals surface area contributed by atoms with Crippen LogP contribution in [0.4, 0.5) is 11.8 Å². The zero-order chi connectivity index (χ0) is 25.7. The minimum atomic E-state index is 0.0425. The monoisotopic (exact) mass is 485 g/mol. The highest BCUT2D eigenvalue weighted by atomic mass is 16.2. The Morgan fingerprint density at radius 1 is 1.25 bits per heavy atom. The van der Waals surface area contributed by atoms with Gasteiger partial charge in [0.05, 0.1) is 5.69 Å². The number of nitrogens with two attached hydrogens (primary N) is 2. The Labute approximate surface area is 210 Å². The average molecular weight is 486 g/mol. The van der Waals surface area contributed by atoms with E-state index in [0.29, 0.717) is 41.7 Å². The molecule has 3 heterocycles. The van der Waals surface area contributed by atoms with Crippen molar-refractivity contribution in [3.63, 3.8) is 0 Å². The lowest BCUT2D eigenvalue weighted by Crippen LogP contribution is -2.31. The molecule has 1 atom stereocenters. The lowest BCUT2D eigenvalue weighted by molar-refractivity contribution is -0.119. The Hall–Kier alpha value is -4.47. The first-order valence-corrected chi connectivity index (χ1v) is 11.7. The summed E-state index contributed by atoms with van der Waals surface area (Å²) >= 11 is 0. The SMILES string of the molecule is CN=C(C=CN)Nc1nccc(-c2cc3n(/c(=N\N)c2)CC(Cc2ccc(C)cc2)CC(=O)N3C)n1. The number of anilines is 2. The summed E-state index contributed by atoms with van der Waals surface area (Å²) in [5.41, 5.74) is 9.86. The number of aryl methyl sites for hydroxylation is 1. The summed E-state index contributed by atoms with van der Waals surface area (Å²) in [4.78, 5) is 27.8. The molecule has 3 aromatic rings. The molecule has 36 heavy (non-hydrogen) atoms. The van der Waals surface area contributed by atoms with Crippen LogP contribution in [0.15, 0.2) is 71.0 Å². The van der Waals surface area contributed by atoms with Crippen molar-refractivity contribution in [1.82, 2.24) is 14.5 Å². The van der Waals surface area contributed by atoms with Crippen LogP contribution in [0.1, 0.15) is 17.5 Å². The van der Waals surface area contributed by atoms with Gasteiger partial charge in [0.1, 0.15) is 11.7 Å². The number of aliphatic imine (C=N–C) groups is 1. The number of pyridine rings is 1. The molecule has 2 aromatic heterocycles. The van der Waals surface area contributed by atoms with Crippen molar-refractivity contribution in [3.05, 3.63) is 77.6 Å². The molecule has 10 heteroatoms. The van der Waals surface area contributed by atoms with Gasteiger partial charge in [-0.2, -0.15) is 5.10 Å². The first-order valence-electron chi connectivity index (χ1n) is 11.7. The number of hydrogen-bond acceptors (Lipinski definition) is 7. The molecule has 0 bridgehead atoms. The quantitative estimate of drug-likeness (QED) is 0.219. The molecule has 186 valence electrons. The van der Waals surface area contributed by atoms with E-state index in [1.807, 2.05) is 16.7 Å². The molecule has 1 aromatic carbocycles. The number of nitrogens with one attached hydrogen (secondary N) is 1. The molecule has 10 nitrogen and oxygen atoms in total. The van der Waals surface area contributed by atoms with Crippen molar-refractivity contribution < 1.29 is 4.79 Å². The molecule has 0 spiro atoms. The van der Waals surface area contributed by atoms with E-state index in [1.54, 1.807) is 37.3 Å². The maximum Gasteiger partial charge on any atom is 0.228 e. The maximum absolute atomic E-state index is 13.1. The van der Waals surface area contributed by atoms with Crippen molar-refractivity contribution in [2.75, 3.05) is 24.3 Å². The van der Waals surface area contributed by atoms with Gasteiger partial charge in [0.2, 0.25) is 11.9 Å². The van der Waals surface area contributed by atoms with Crippen LogP contribution in [0.3, 0.4) is 0 Å². The van der Waals surface area contributed by atoms with Crippen LogP contribution in [0.2, 0.25) is 0 Å². The predicted molar refractivity (Wildman–Crippen MR) is 142 cm³/mol. The van der Waals surface area contributed by atoms with Gasteiger partial charge in [-0.25, -0.2) is 9.97 Å². The van der Waals surface area contributed by atoms with Gasteiger partial charge in [-0.1, -0.05) is 29.8 Å². The number of benzene rings is 1. The summed E-state index contributed by atoms with van der Waals surface area (Å²) in [6.07, 6.45) is 5.87. The van der Waals surface area contributed by atoms with Gasteiger partial charge in [-0.05, 0) is 55.3 Å². The Morgan fingerprint density at radius 2 is 2.03 bits per heavy atom. The highest BCUT2D eigenvalue weighted by molar-refractivity contribution is 6.02. The summed E-state index contributed by atoms with van der Waals surface area (Å²) in [6.45, 7) is 2.69. The Balaban J connectivity index is 1.70. The zero-order valence-corrected chi connectivity index (χ0v) is 20.7. The average Bonchev–Trinajstić information content (AvgIpc) is 3.00. The molecule has 0 saturated heterocycles. The second-order valence-corrected chi connectivity index (χ2v) is 8.77. The molecular weight excluding hydrogens is 454 g/mol. The van der Waals surface area contributed by atoms with Gasteiger partial charge in [0, 0.05) is 38.8 Å². The van der Waals surface area contributed by atoms with Crippen molar-refractivity contribution in [2.24, 2.45) is 27.6 Å². The zero-order valence-electron chi connectivity index (χ0n) is 20.7. The molecule has 1 aliphatic heterocycles. The third-order valence-corrected chi connectivity index (χ3v) is 6.21. The Morgan fingerprint density at radius 3 is 2.72 bits per heavy atom. The van der Waals surface area contributed by atoms with E-state index in [2.05, 4.69) is 56.6 Å². The van der Waals surface area contributed by atoms with Crippen LogP contribution >= 0.6 is 0 Å². The van der Waals surface area contributed by atoms with Crippen molar-refractivity contribution in [2.45, 2.75) is 26.3 Å². The van der Waals surface area contributed by atoms with Crippen LogP contribution in [-0.2, 0) is 17.8 Å². The number of rotatable bonds is 5. The lowest BCUT2D eigenvalue weighted by Gasteiger charge is -2.20. The topological polar surface area (TPSA) is 140 Å². The van der Waals surface area contributed by atoms with Crippen LogP contribution < -0.4 is 27.3 Å². The number of carbonyl (C=O) groups excluding carboxylic acids is 1. The predicted octanol–water partition coefficient (Wildman–Crippen LogP) is 2.17. The van der Waals surface area contributed by atoms with Gasteiger partial charge >= 0.3 is 0 Å². The highest BCUT2D eigenvalue weighted by Crippen LogP contribution is 2.28. The molecule has 0 radical (unpaired) electrons. The third kappa shape index (κ3) is 5.43. The number of carbonyl (C=O) groups is 1. The lowest BCUT2D eigenvalue weighted by atomic mass is 9.95. The number of hydrogen-bond donors (Lipinski definition) is 3. The fraction of sp³-hybridized carbons (Fsp3) is 0.269. The molecule has 4 rings (SSSR count). The maximum atomic E-state index is 13.1.